The van der Waals surface area contributed by atoms with Gasteiger partial charge in [0.25, 0.3) is 0 Å². The molecule has 86 valence electrons. The minimum atomic E-state index is 0.777. The maximum atomic E-state index is 6.23. The van der Waals surface area contributed by atoms with Crippen molar-refractivity contribution in [2.45, 2.75) is 6.42 Å². The lowest BCUT2D eigenvalue weighted by Gasteiger charge is -2.05. The largest absolute Gasteiger partial charge is 0.256 e. The summed E-state index contributed by atoms with van der Waals surface area (Å²) < 4.78 is 0. The Morgan fingerprint density at radius 3 is 2.78 bits per heavy atom. The minimum absolute atomic E-state index is 0.777. The predicted molar refractivity (Wildman–Crippen MR) is 75.0 cm³/mol. The molecule has 0 atom stereocenters. The van der Waals surface area contributed by atoms with Gasteiger partial charge in [0.15, 0.2) is 0 Å². The fourth-order valence-corrected chi connectivity index (χ4v) is 3.01. The molecule has 2 heteroatoms. The molecular weight excluding hydrogens is 242 g/mol. The Hall–Kier alpha value is -1.86. The average molecular weight is 252 g/mol. The second kappa shape index (κ2) is 3.56. The lowest BCUT2D eigenvalue weighted by molar-refractivity contribution is 1.26. The summed E-state index contributed by atoms with van der Waals surface area (Å²) in [6, 6.07) is 14.6. The Balaban J connectivity index is 2.11. The first-order chi connectivity index (χ1) is 8.84. The normalized spacial score (nSPS) is 12.5. The number of benzene rings is 2. The van der Waals surface area contributed by atoms with E-state index in [9.17, 15) is 0 Å². The number of halogens is 1. The summed E-state index contributed by atoms with van der Waals surface area (Å²) in [6.45, 7) is 0. The van der Waals surface area contributed by atoms with Gasteiger partial charge < -0.3 is 0 Å². The molecule has 2 aromatic carbocycles. The van der Waals surface area contributed by atoms with E-state index >= 15 is 0 Å². The first kappa shape index (κ1) is 10.1. The summed E-state index contributed by atoms with van der Waals surface area (Å²) >= 11 is 6.23. The molecule has 1 aliphatic rings. The van der Waals surface area contributed by atoms with Crippen LogP contribution in [0.1, 0.15) is 11.1 Å². The van der Waals surface area contributed by atoms with E-state index in [0.717, 1.165) is 22.3 Å². The molecule has 0 saturated carbocycles. The molecule has 18 heavy (non-hydrogen) atoms. The van der Waals surface area contributed by atoms with Gasteiger partial charge in [-0.1, -0.05) is 48.0 Å². The molecule has 0 saturated heterocycles. The van der Waals surface area contributed by atoms with Crippen LogP contribution in [0.3, 0.4) is 0 Å². The fraction of sp³-hybridized carbons (Fsp3) is 0.0625. The van der Waals surface area contributed by atoms with Crippen LogP contribution in [0.15, 0.2) is 48.7 Å². The molecule has 0 bridgehead atoms. The number of hydrogen-bond acceptors (Lipinski definition) is 1. The molecule has 1 aromatic heterocycles. The molecule has 0 amide bonds. The van der Waals surface area contributed by atoms with Crippen LogP contribution >= 0.6 is 11.6 Å². The van der Waals surface area contributed by atoms with E-state index in [2.05, 4.69) is 41.4 Å². The Kier molecular flexibility index (Phi) is 2.00. The molecule has 3 aromatic rings. The summed E-state index contributed by atoms with van der Waals surface area (Å²) in [5.74, 6) is 0. The minimum Gasteiger partial charge on any atom is -0.256 e. The highest BCUT2D eigenvalue weighted by atomic mass is 35.5. The number of rotatable bonds is 0. The van der Waals surface area contributed by atoms with Gasteiger partial charge in [0.05, 0.1) is 10.5 Å². The van der Waals surface area contributed by atoms with Crippen molar-refractivity contribution < 1.29 is 0 Å². The van der Waals surface area contributed by atoms with E-state index in [0.29, 0.717) is 0 Å². The molecule has 0 fully saturated rings. The molecule has 0 aliphatic heterocycles. The van der Waals surface area contributed by atoms with E-state index in [1.807, 2.05) is 6.07 Å². The van der Waals surface area contributed by atoms with Crippen LogP contribution in [-0.2, 0) is 6.42 Å². The molecule has 1 heterocycles. The van der Waals surface area contributed by atoms with Crippen LogP contribution in [0.25, 0.3) is 22.0 Å². The molecule has 0 unspecified atom stereocenters. The van der Waals surface area contributed by atoms with Crippen molar-refractivity contribution in [2.75, 3.05) is 0 Å². The van der Waals surface area contributed by atoms with Crippen molar-refractivity contribution in [1.29, 1.82) is 0 Å². The van der Waals surface area contributed by atoms with Crippen molar-refractivity contribution in [1.82, 2.24) is 4.98 Å². The Labute approximate surface area is 110 Å². The fourth-order valence-electron chi connectivity index (χ4n) is 2.80. The van der Waals surface area contributed by atoms with E-state index in [1.54, 1.807) is 6.20 Å². The highest BCUT2D eigenvalue weighted by Crippen LogP contribution is 2.40. The monoisotopic (exact) mass is 251 g/mol. The van der Waals surface area contributed by atoms with Crippen LogP contribution in [0.2, 0.25) is 5.02 Å². The van der Waals surface area contributed by atoms with Gasteiger partial charge in [0.2, 0.25) is 0 Å². The smallest absolute Gasteiger partial charge is 0.0758 e. The van der Waals surface area contributed by atoms with Crippen LogP contribution in [0.5, 0.6) is 0 Å². The van der Waals surface area contributed by atoms with Crippen molar-refractivity contribution in [2.24, 2.45) is 0 Å². The van der Waals surface area contributed by atoms with E-state index in [-0.39, 0.29) is 0 Å². The first-order valence-corrected chi connectivity index (χ1v) is 6.37. The third-order valence-electron chi connectivity index (χ3n) is 3.64. The second-order valence-corrected chi connectivity index (χ2v) is 5.02. The van der Waals surface area contributed by atoms with Crippen LogP contribution in [-0.4, -0.2) is 4.98 Å². The van der Waals surface area contributed by atoms with Gasteiger partial charge in [-0.05, 0) is 28.3 Å². The lowest BCUT2D eigenvalue weighted by Crippen LogP contribution is -1.87. The number of pyridine rings is 1. The highest BCUT2D eigenvalue weighted by molar-refractivity contribution is 6.35. The second-order valence-electron chi connectivity index (χ2n) is 4.61. The number of hydrogen-bond donors (Lipinski definition) is 0. The summed E-state index contributed by atoms with van der Waals surface area (Å²) in [6.07, 6.45) is 2.74. The van der Waals surface area contributed by atoms with Crippen molar-refractivity contribution in [3.05, 3.63) is 64.8 Å². The van der Waals surface area contributed by atoms with E-state index < -0.39 is 0 Å². The van der Waals surface area contributed by atoms with Crippen LogP contribution in [0, 0.1) is 0 Å². The Morgan fingerprint density at radius 1 is 0.944 bits per heavy atom. The van der Waals surface area contributed by atoms with Gasteiger partial charge in [-0.25, -0.2) is 0 Å². The SMILES string of the molecule is Clc1ccnc2c3c(ccc12)-c1ccccc1C3. The van der Waals surface area contributed by atoms with Crippen molar-refractivity contribution in [3.63, 3.8) is 0 Å². The van der Waals surface area contributed by atoms with Gasteiger partial charge in [-0.3, -0.25) is 4.98 Å². The maximum Gasteiger partial charge on any atom is 0.0758 e. The number of nitrogens with zero attached hydrogens (tertiary/aromatic N) is 1. The molecule has 0 spiro atoms. The summed E-state index contributed by atoms with van der Waals surface area (Å²) in [5, 5.41) is 1.82. The number of fused-ring (bicyclic) bond motifs is 5. The van der Waals surface area contributed by atoms with Gasteiger partial charge in [0.1, 0.15) is 0 Å². The molecule has 1 aliphatic carbocycles. The standard InChI is InChI=1S/C16H10ClN/c17-15-7-8-18-16-13(15)6-5-12-11-4-2-1-3-10(11)9-14(12)16/h1-8H,9H2. The van der Waals surface area contributed by atoms with Gasteiger partial charge in [-0.2, -0.15) is 0 Å². The average Bonchev–Trinajstić information content (AvgIpc) is 2.78. The zero-order chi connectivity index (χ0) is 12.1. The third kappa shape index (κ3) is 1.25. The number of aromatic nitrogens is 1. The topological polar surface area (TPSA) is 12.9 Å². The van der Waals surface area contributed by atoms with Gasteiger partial charge in [-0.15, -0.1) is 0 Å². The molecular formula is C16H10ClN. The summed E-state index contributed by atoms with van der Waals surface area (Å²) in [4.78, 5) is 4.51. The Bertz CT molecular complexity index is 777. The van der Waals surface area contributed by atoms with Crippen LogP contribution in [0.4, 0.5) is 0 Å². The zero-order valence-corrected chi connectivity index (χ0v) is 10.4. The maximum absolute atomic E-state index is 6.23. The van der Waals surface area contributed by atoms with E-state index in [1.165, 1.54) is 22.3 Å². The quantitative estimate of drug-likeness (QED) is 0.450. The summed E-state index contributed by atoms with van der Waals surface area (Å²) in [7, 11) is 0. The van der Waals surface area contributed by atoms with Crippen molar-refractivity contribution >= 4 is 22.5 Å². The lowest BCUT2D eigenvalue weighted by atomic mass is 10.0. The van der Waals surface area contributed by atoms with Crippen molar-refractivity contribution in [3.8, 4) is 11.1 Å². The predicted octanol–water partition coefficient (Wildman–Crippen LogP) is 4.46. The third-order valence-corrected chi connectivity index (χ3v) is 3.97. The van der Waals surface area contributed by atoms with Crippen LogP contribution < -0.4 is 0 Å². The molecule has 4 rings (SSSR count). The Morgan fingerprint density at radius 2 is 1.83 bits per heavy atom. The molecule has 0 radical (unpaired) electrons. The van der Waals surface area contributed by atoms with Gasteiger partial charge >= 0.3 is 0 Å². The molecule has 0 N–H and O–H groups in total. The van der Waals surface area contributed by atoms with Gasteiger partial charge in [0, 0.05) is 18.0 Å². The molecule has 1 nitrogen and oxygen atoms in total. The van der Waals surface area contributed by atoms with E-state index in [4.69, 9.17) is 11.6 Å². The first-order valence-electron chi connectivity index (χ1n) is 5.99. The zero-order valence-electron chi connectivity index (χ0n) is 9.65. The summed E-state index contributed by atoms with van der Waals surface area (Å²) in [5.41, 5.74) is 6.35. The highest BCUT2D eigenvalue weighted by Gasteiger charge is 2.20.